The molecule has 8 heteroatoms. The molecule has 0 N–H and O–H groups in total. The van der Waals surface area contributed by atoms with E-state index < -0.39 is 10.1 Å². The minimum absolute atomic E-state index is 0. The van der Waals surface area contributed by atoms with Crippen LogP contribution in [0.5, 0.6) is 5.75 Å². The Labute approximate surface area is 151 Å². The Morgan fingerprint density at radius 2 is 1.41 bits per heavy atom. The molecule has 0 unspecified atom stereocenters. The van der Waals surface area contributed by atoms with Crippen molar-refractivity contribution in [3.63, 3.8) is 0 Å². The third-order valence-electron chi connectivity index (χ3n) is 2.55. The first-order valence-electron chi connectivity index (χ1n) is 6.19. The van der Waals surface area contributed by atoms with Crippen molar-refractivity contribution in [1.82, 2.24) is 0 Å². The quantitative estimate of drug-likeness (QED) is 0.451. The van der Waals surface area contributed by atoms with Gasteiger partial charge in [-0.25, -0.2) is 8.42 Å². The normalized spacial score (nSPS) is 11.2. The van der Waals surface area contributed by atoms with Gasteiger partial charge in [-0.3, -0.25) is 0 Å². The molecule has 0 saturated carbocycles. The van der Waals surface area contributed by atoms with Gasteiger partial charge < -0.3 is 9.29 Å². The fraction of sp³-hybridized carbons (Fsp3) is 0.143. The predicted molar refractivity (Wildman–Crippen MR) is 76.2 cm³/mol. The average molecular weight is 328 g/mol. The Hall–Kier alpha value is -1.25. The molecule has 2 rings (SSSR count). The molecule has 0 bridgehead atoms. The van der Waals surface area contributed by atoms with Gasteiger partial charge in [0.05, 0.1) is 22.9 Å². The number of ether oxygens (including phenoxy) is 1. The van der Waals surface area contributed by atoms with Crippen LogP contribution in [-0.2, 0) is 10.1 Å². The van der Waals surface area contributed by atoms with Gasteiger partial charge in [0, 0.05) is 0 Å². The third kappa shape index (κ3) is 5.51. The van der Waals surface area contributed by atoms with Crippen molar-refractivity contribution in [2.45, 2.75) is 11.8 Å². The van der Waals surface area contributed by atoms with Gasteiger partial charge in [-0.05, 0) is 55.5 Å². The summed E-state index contributed by atoms with van der Waals surface area (Å²) in [6, 6.07) is 12.3. The van der Waals surface area contributed by atoms with E-state index in [0.717, 1.165) is 5.75 Å². The number of benzene rings is 2. The van der Waals surface area contributed by atoms with E-state index >= 15 is 0 Å². The summed E-state index contributed by atoms with van der Waals surface area (Å²) in [6.07, 6.45) is 0. The zero-order valence-corrected chi connectivity index (χ0v) is 15.1. The molecule has 6 nitrogen and oxygen atoms in total. The zero-order chi connectivity index (χ0) is 15.3. The second kappa shape index (κ2) is 8.40. The predicted octanol–water partition coefficient (Wildman–Crippen LogP) is 0.409. The second-order valence-corrected chi connectivity index (χ2v) is 5.45. The van der Waals surface area contributed by atoms with Crippen molar-refractivity contribution in [3.8, 4) is 5.75 Å². The minimum atomic E-state index is -4.43. The molecule has 0 heterocycles. The molecule has 0 aliphatic rings. The summed E-state index contributed by atoms with van der Waals surface area (Å²) in [4.78, 5) is -0.289. The first-order chi connectivity index (χ1) is 9.99. The van der Waals surface area contributed by atoms with Crippen LogP contribution in [0.1, 0.15) is 6.92 Å². The molecule has 2 aromatic rings. The number of azo groups is 1. The van der Waals surface area contributed by atoms with Crippen LogP contribution >= 0.6 is 0 Å². The molecule has 0 aliphatic heterocycles. The summed E-state index contributed by atoms with van der Waals surface area (Å²) in [5, 5.41) is 7.97. The maximum absolute atomic E-state index is 10.8. The van der Waals surface area contributed by atoms with Crippen LogP contribution in [0, 0.1) is 0 Å². The van der Waals surface area contributed by atoms with Crippen molar-refractivity contribution >= 4 is 21.5 Å². The van der Waals surface area contributed by atoms with Crippen molar-refractivity contribution in [2.24, 2.45) is 10.2 Å². The van der Waals surface area contributed by atoms with Crippen molar-refractivity contribution in [2.75, 3.05) is 6.61 Å². The van der Waals surface area contributed by atoms with Gasteiger partial charge in [0.1, 0.15) is 15.9 Å². The van der Waals surface area contributed by atoms with Crippen molar-refractivity contribution in [1.29, 1.82) is 0 Å². The first-order valence-corrected chi connectivity index (χ1v) is 7.60. The largest absolute Gasteiger partial charge is 1.00 e. The van der Waals surface area contributed by atoms with E-state index in [0.29, 0.717) is 18.0 Å². The van der Waals surface area contributed by atoms with Crippen LogP contribution in [0.3, 0.4) is 0 Å². The first kappa shape index (κ1) is 18.8. The monoisotopic (exact) mass is 328 g/mol. The van der Waals surface area contributed by atoms with Gasteiger partial charge in [0.2, 0.25) is 0 Å². The smallest absolute Gasteiger partial charge is 0.744 e. The van der Waals surface area contributed by atoms with Crippen LogP contribution in [0.25, 0.3) is 0 Å². The summed E-state index contributed by atoms with van der Waals surface area (Å²) >= 11 is 0. The number of hydrogen-bond donors (Lipinski definition) is 0. The van der Waals surface area contributed by atoms with Crippen molar-refractivity contribution in [3.05, 3.63) is 48.5 Å². The molecule has 0 amide bonds. The average Bonchev–Trinajstić information content (AvgIpc) is 2.46. The molecule has 0 saturated heterocycles. The Morgan fingerprint density at radius 1 is 0.955 bits per heavy atom. The van der Waals surface area contributed by atoms with E-state index in [9.17, 15) is 13.0 Å². The van der Waals surface area contributed by atoms with Gasteiger partial charge in [-0.1, -0.05) is 0 Å². The van der Waals surface area contributed by atoms with Crippen LogP contribution in [0.2, 0.25) is 0 Å². The van der Waals surface area contributed by atoms with Gasteiger partial charge in [0.15, 0.2) is 0 Å². The van der Waals surface area contributed by atoms with Gasteiger partial charge in [-0.15, -0.1) is 0 Å². The Morgan fingerprint density at radius 3 is 1.82 bits per heavy atom. The minimum Gasteiger partial charge on any atom is -0.744 e. The SMILES string of the molecule is CCOc1ccc(N=Nc2ccc(S(=O)(=O)[O-])cc2)cc1.[Na+]. The maximum Gasteiger partial charge on any atom is 1.00 e. The Bertz CT molecular complexity index is 728. The molecule has 0 aromatic heterocycles. The van der Waals surface area contributed by atoms with Crippen molar-refractivity contribution < 1.29 is 47.3 Å². The fourth-order valence-electron chi connectivity index (χ4n) is 1.57. The molecular formula is C14H13N2NaO4S. The molecule has 0 aliphatic carbocycles. The number of hydrogen-bond acceptors (Lipinski definition) is 6. The summed E-state index contributed by atoms with van der Waals surface area (Å²) in [6.45, 7) is 2.50. The molecular weight excluding hydrogens is 315 g/mol. The van der Waals surface area contributed by atoms with E-state index in [1.165, 1.54) is 24.3 Å². The number of nitrogens with zero attached hydrogens (tertiary/aromatic N) is 2. The van der Waals surface area contributed by atoms with Crippen LogP contribution < -0.4 is 34.3 Å². The van der Waals surface area contributed by atoms with E-state index in [-0.39, 0.29) is 34.5 Å². The maximum atomic E-state index is 10.8. The van der Waals surface area contributed by atoms with Gasteiger partial charge >= 0.3 is 29.6 Å². The summed E-state index contributed by atoms with van der Waals surface area (Å²) < 4.78 is 37.7. The molecule has 0 atom stereocenters. The van der Waals surface area contributed by atoms with E-state index in [2.05, 4.69) is 10.2 Å². The van der Waals surface area contributed by atoms with Crippen LogP contribution in [-0.4, -0.2) is 19.6 Å². The molecule has 0 radical (unpaired) electrons. The van der Waals surface area contributed by atoms with Crippen LogP contribution in [0.4, 0.5) is 11.4 Å². The van der Waals surface area contributed by atoms with E-state index in [1.807, 2.05) is 6.92 Å². The standard InChI is InChI=1S/C14H14N2O4S.Na/c1-2-20-13-7-3-11(4-8-13)15-16-12-5-9-14(10-6-12)21(17,18)19;/h3-10H,2H2,1H3,(H,17,18,19);/q;+1/p-1. The summed E-state index contributed by atoms with van der Waals surface area (Å²) in [5.74, 6) is 0.751. The molecule has 2 aromatic carbocycles. The second-order valence-electron chi connectivity index (χ2n) is 4.07. The van der Waals surface area contributed by atoms with Gasteiger partial charge in [0.25, 0.3) is 0 Å². The molecule has 0 fully saturated rings. The molecule has 110 valence electrons. The fourth-order valence-corrected chi connectivity index (χ4v) is 2.04. The topological polar surface area (TPSA) is 91.2 Å². The van der Waals surface area contributed by atoms with E-state index in [1.54, 1.807) is 24.3 Å². The Balaban J connectivity index is 0.00000242. The Kier molecular flexibility index (Phi) is 7.18. The van der Waals surface area contributed by atoms with Crippen LogP contribution in [0.15, 0.2) is 63.7 Å². The summed E-state index contributed by atoms with van der Waals surface area (Å²) in [5.41, 5.74) is 1.09. The third-order valence-corrected chi connectivity index (χ3v) is 3.40. The molecule has 22 heavy (non-hydrogen) atoms. The zero-order valence-electron chi connectivity index (χ0n) is 12.3. The van der Waals surface area contributed by atoms with E-state index in [4.69, 9.17) is 4.74 Å². The molecule has 0 spiro atoms. The van der Waals surface area contributed by atoms with Gasteiger partial charge in [-0.2, -0.15) is 10.2 Å². The summed E-state index contributed by atoms with van der Waals surface area (Å²) in [7, 11) is -4.43. The number of rotatable bonds is 5.